The molecule has 2 N–H and O–H groups in total. The average Bonchev–Trinajstić information content (AvgIpc) is 2.57. The van der Waals surface area contributed by atoms with Crippen molar-refractivity contribution in [1.29, 1.82) is 5.26 Å². The van der Waals surface area contributed by atoms with Gasteiger partial charge in [-0.3, -0.25) is 4.79 Å². The number of carbonyl (C=O) groups is 1. The van der Waals surface area contributed by atoms with Gasteiger partial charge >= 0.3 is 0 Å². The van der Waals surface area contributed by atoms with Crippen LogP contribution in [0.15, 0.2) is 54.2 Å². The smallest absolute Gasteiger partial charge is 0.267 e. The Hall–Kier alpha value is -2.68. The lowest BCUT2D eigenvalue weighted by Gasteiger charge is -2.09. The molecule has 2 rings (SSSR count). The molecule has 0 saturated carbocycles. The highest BCUT2D eigenvalue weighted by atomic mass is 35.5. The van der Waals surface area contributed by atoms with E-state index in [-0.39, 0.29) is 5.57 Å². The summed E-state index contributed by atoms with van der Waals surface area (Å²) < 4.78 is 5.19. The summed E-state index contributed by atoms with van der Waals surface area (Å²) in [7, 11) is 1.51. The molecule has 7 heteroatoms. The zero-order valence-corrected chi connectivity index (χ0v) is 14.2. The van der Waals surface area contributed by atoms with Crippen LogP contribution in [-0.2, 0) is 4.79 Å². The highest BCUT2D eigenvalue weighted by molar-refractivity contribution is 6.31. The highest BCUT2D eigenvalue weighted by Crippen LogP contribution is 2.27. The van der Waals surface area contributed by atoms with Crippen LogP contribution in [0.3, 0.4) is 0 Å². The molecule has 5 nitrogen and oxygen atoms in total. The third-order valence-corrected chi connectivity index (χ3v) is 3.49. The first-order valence-electron chi connectivity index (χ1n) is 6.80. The van der Waals surface area contributed by atoms with Gasteiger partial charge in [0.1, 0.15) is 17.4 Å². The normalized spacial score (nSPS) is 10.7. The predicted molar refractivity (Wildman–Crippen MR) is 95.4 cm³/mol. The van der Waals surface area contributed by atoms with Crippen molar-refractivity contribution < 1.29 is 9.53 Å². The Bertz CT molecular complexity index is 812. The lowest BCUT2D eigenvalue weighted by Crippen LogP contribution is -2.14. The summed E-state index contributed by atoms with van der Waals surface area (Å²) >= 11 is 11.7. The fraction of sp³-hybridized carbons (Fsp3) is 0.0588. The van der Waals surface area contributed by atoms with Gasteiger partial charge < -0.3 is 15.4 Å². The van der Waals surface area contributed by atoms with E-state index in [1.807, 2.05) is 6.07 Å². The number of amides is 1. The Labute approximate surface area is 149 Å². The van der Waals surface area contributed by atoms with Crippen molar-refractivity contribution in [3.8, 4) is 11.8 Å². The summed E-state index contributed by atoms with van der Waals surface area (Å²) in [5.41, 5.74) is 0.968. The number of carbonyl (C=O) groups excluding carboxylic acids is 1. The highest BCUT2D eigenvalue weighted by Gasteiger charge is 2.10. The first kappa shape index (κ1) is 17.7. The minimum Gasteiger partial charge on any atom is -0.495 e. The Morgan fingerprint density at radius 3 is 2.46 bits per heavy atom. The van der Waals surface area contributed by atoms with Crippen molar-refractivity contribution >= 4 is 40.5 Å². The molecule has 0 saturated heterocycles. The minimum absolute atomic E-state index is 0.105. The second kappa shape index (κ2) is 8.25. The molecular formula is C17H13Cl2N3O2. The lowest BCUT2D eigenvalue weighted by atomic mass is 10.2. The number of benzene rings is 2. The summed E-state index contributed by atoms with van der Waals surface area (Å²) in [5.74, 6) is -0.0145. The number of hydrogen-bond acceptors (Lipinski definition) is 4. The fourth-order valence-electron chi connectivity index (χ4n) is 1.82. The van der Waals surface area contributed by atoms with E-state index < -0.39 is 5.91 Å². The topological polar surface area (TPSA) is 74.1 Å². The van der Waals surface area contributed by atoms with Crippen LogP contribution in [0.5, 0.6) is 5.75 Å². The maximum Gasteiger partial charge on any atom is 0.267 e. The molecule has 24 heavy (non-hydrogen) atoms. The number of anilines is 2. The number of methoxy groups -OCH3 is 1. The van der Waals surface area contributed by atoms with Gasteiger partial charge in [0.2, 0.25) is 0 Å². The Morgan fingerprint density at radius 2 is 1.83 bits per heavy atom. The first-order chi connectivity index (χ1) is 11.5. The molecule has 0 spiro atoms. The van der Waals surface area contributed by atoms with Crippen LogP contribution in [0.2, 0.25) is 10.0 Å². The number of halogens is 2. The minimum atomic E-state index is -0.548. The zero-order chi connectivity index (χ0) is 17.5. The number of nitrogens with zero attached hydrogens (tertiary/aromatic N) is 1. The first-order valence-corrected chi connectivity index (χ1v) is 7.56. The molecule has 0 aromatic heterocycles. The van der Waals surface area contributed by atoms with E-state index in [1.54, 1.807) is 42.5 Å². The van der Waals surface area contributed by atoms with Crippen LogP contribution in [0.25, 0.3) is 0 Å². The standard InChI is InChI=1S/C17H13Cl2N3O2/c1-24-16-7-4-13(19)8-15(16)21-10-11(9-20)17(23)22-14-5-2-12(18)3-6-14/h2-8,10,21H,1H3,(H,22,23)/b11-10-. The molecule has 0 aliphatic heterocycles. The van der Waals surface area contributed by atoms with Crippen LogP contribution in [0, 0.1) is 11.3 Å². The SMILES string of the molecule is COc1ccc(Cl)cc1N/C=C(/C#N)C(=O)Nc1ccc(Cl)cc1. The average molecular weight is 362 g/mol. The second-order valence-corrected chi connectivity index (χ2v) is 5.49. The van der Waals surface area contributed by atoms with E-state index >= 15 is 0 Å². The molecule has 0 fully saturated rings. The summed E-state index contributed by atoms with van der Waals surface area (Å²) in [4.78, 5) is 12.1. The molecule has 0 aliphatic rings. The summed E-state index contributed by atoms with van der Waals surface area (Å²) in [6, 6.07) is 13.4. The van der Waals surface area contributed by atoms with Gasteiger partial charge in [-0.25, -0.2) is 0 Å². The van der Waals surface area contributed by atoms with E-state index in [9.17, 15) is 10.1 Å². The molecule has 0 atom stereocenters. The summed E-state index contributed by atoms with van der Waals surface area (Å²) in [6.07, 6.45) is 1.29. The van der Waals surface area contributed by atoms with Crippen LogP contribution >= 0.6 is 23.2 Å². The number of hydrogen-bond donors (Lipinski definition) is 2. The number of ether oxygens (including phenoxy) is 1. The number of nitriles is 1. The van der Waals surface area contributed by atoms with Gasteiger partial charge in [-0.1, -0.05) is 23.2 Å². The third-order valence-electron chi connectivity index (χ3n) is 3.00. The van der Waals surface area contributed by atoms with Crippen LogP contribution in [0.4, 0.5) is 11.4 Å². The predicted octanol–water partition coefficient (Wildman–Crippen LogP) is 4.46. The third kappa shape index (κ3) is 4.66. The number of nitrogens with one attached hydrogen (secondary N) is 2. The van der Waals surface area contributed by atoms with Crippen molar-refractivity contribution in [2.75, 3.05) is 17.7 Å². The molecule has 0 aliphatic carbocycles. The molecule has 122 valence electrons. The van der Waals surface area contributed by atoms with Gasteiger partial charge in [-0.2, -0.15) is 5.26 Å². The van der Waals surface area contributed by atoms with E-state index in [4.69, 9.17) is 27.9 Å². The van der Waals surface area contributed by atoms with E-state index in [0.717, 1.165) is 0 Å². The fourth-order valence-corrected chi connectivity index (χ4v) is 2.12. The molecule has 2 aromatic carbocycles. The molecule has 0 unspecified atom stereocenters. The molecular weight excluding hydrogens is 349 g/mol. The monoisotopic (exact) mass is 361 g/mol. The number of rotatable bonds is 5. The quantitative estimate of drug-likeness (QED) is 0.608. The van der Waals surface area contributed by atoms with Gasteiger partial charge in [0.05, 0.1) is 12.8 Å². The van der Waals surface area contributed by atoms with Gasteiger partial charge in [0.25, 0.3) is 5.91 Å². The summed E-state index contributed by atoms with van der Waals surface area (Å²) in [5, 5.41) is 15.7. The van der Waals surface area contributed by atoms with E-state index in [2.05, 4.69) is 10.6 Å². The zero-order valence-electron chi connectivity index (χ0n) is 12.6. The molecule has 2 aromatic rings. The van der Waals surface area contributed by atoms with Crippen molar-refractivity contribution in [3.63, 3.8) is 0 Å². The van der Waals surface area contributed by atoms with Gasteiger partial charge in [-0.15, -0.1) is 0 Å². The van der Waals surface area contributed by atoms with Gasteiger partial charge in [0.15, 0.2) is 0 Å². The summed E-state index contributed by atoms with van der Waals surface area (Å²) in [6.45, 7) is 0. The Morgan fingerprint density at radius 1 is 1.17 bits per heavy atom. The second-order valence-electron chi connectivity index (χ2n) is 4.62. The van der Waals surface area contributed by atoms with Crippen LogP contribution < -0.4 is 15.4 Å². The van der Waals surface area contributed by atoms with Crippen LogP contribution in [0.1, 0.15) is 0 Å². The van der Waals surface area contributed by atoms with Crippen molar-refractivity contribution in [2.45, 2.75) is 0 Å². The largest absolute Gasteiger partial charge is 0.495 e. The Balaban J connectivity index is 2.14. The lowest BCUT2D eigenvalue weighted by molar-refractivity contribution is -0.112. The molecule has 0 radical (unpaired) electrons. The van der Waals surface area contributed by atoms with Crippen molar-refractivity contribution in [1.82, 2.24) is 0 Å². The van der Waals surface area contributed by atoms with Crippen LogP contribution in [-0.4, -0.2) is 13.0 Å². The molecule has 0 bridgehead atoms. The van der Waals surface area contributed by atoms with E-state index in [0.29, 0.717) is 27.2 Å². The molecule has 1 amide bonds. The maximum atomic E-state index is 12.1. The Kier molecular flexibility index (Phi) is 6.07. The van der Waals surface area contributed by atoms with Gasteiger partial charge in [0, 0.05) is 21.9 Å². The van der Waals surface area contributed by atoms with Gasteiger partial charge in [-0.05, 0) is 42.5 Å². The van der Waals surface area contributed by atoms with Crippen molar-refractivity contribution in [3.05, 3.63) is 64.3 Å². The van der Waals surface area contributed by atoms with E-state index in [1.165, 1.54) is 13.3 Å². The molecule has 0 heterocycles. The maximum absolute atomic E-state index is 12.1. The van der Waals surface area contributed by atoms with Crippen molar-refractivity contribution in [2.24, 2.45) is 0 Å².